The largest absolute Gasteiger partial charge is 0.390 e. The molecule has 7 heteroatoms. The monoisotopic (exact) mass is 300 g/mol. The molecular weight excluding hydrogens is 280 g/mol. The Balaban J connectivity index is 1.71. The third-order valence-electron chi connectivity index (χ3n) is 4.00. The molecule has 20 heavy (non-hydrogen) atoms. The summed E-state index contributed by atoms with van der Waals surface area (Å²) in [6, 6.07) is -0.460. The van der Waals surface area contributed by atoms with E-state index in [4.69, 9.17) is 4.74 Å². The molecule has 0 aromatic heterocycles. The van der Waals surface area contributed by atoms with E-state index in [2.05, 4.69) is 16.5 Å². The van der Waals surface area contributed by atoms with E-state index in [-0.39, 0.29) is 5.44 Å². The van der Waals surface area contributed by atoms with Crippen molar-refractivity contribution in [3.05, 3.63) is 12.7 Å². The number of amidine groups is 1. The fourth-order valence-corrected chi connectivity index (χ4v) is 3.92. The van der Waals surface area contributed by atoms with Gasteiger partial charge >= 0.3 is 0 Å². The lowest BCUT2D eigenvalue weighted by molar-refractivity contribution is -0.184. The fraction of sp³-hybridized carbons (Fsp3) is 0.769. The molecule has 3 aliphatic rings. The molecule has 0 bridgehead atoms. The normalized spacial score (nSPS) is 41.6. The van der Waals surface area contributed by atoms with Crippen molar-refractivity contribution in [1.82, 2.24) is 4.90 Å². The van der Waals surface area contributed by atoms with Gasteiger partial charge in [0.15, 0.2) is 5.17 Å². The number of fused-ring (bicyclic) bond motifs is 1. The molecule has 0 saturated carbocycles. The summed E-state index contributed by atoms with van der Waals surface area (Å²) < 4.78 is 5.77. The number of rotatable bonds is 3. The van der Waals surface area contributed by atoms with E-state index >= 15 is 0 Å². The number of aliphatic imine (C=N–C) groups is 1. The molecule has 6 atom stereocenters. The molecule has 3 rings (SSSR count). The second-order valence-corrected chi connectivity index (χ2v) is 6.47. The zero-order chi connectivity index (χ0) is 14.3. The van der Waals surface area contributed by atoms with Crippen LogP contribution in [-0.2, 0) is 4.74 Å². The third kappa shape index (κ3) is 2.37. The molecule has 0 aliphatic carbocycles. The molecule has 0 radical (unpaired) electrons. The van der Waals surface area contributed by atoms with Crippen molar-refractivity contribution in [2.24, 2.45) is 4.99 Å². The smallest absolute Gasteiger partial charge is 0.162 e. The highest BCUT2D eigenvalue weighted by Crippen LogP contribution is 2.39. The molecule has 2 saturated heterocycles. The Morgan fingerprint density at radius 2 is 2.20 bits per heavy atom. The molecule has 0 spiro atoms. The van der Waals surface area contributed by atoms with E-state index in [1.165, 1.54) is 11.8 Å². The molecule has 3 aliphatic heterocycles. The molecule has 112 valence electrons. The first-order chi connectivity index (χ1) is 9.61. The first-order valence-electron chi connectivity index (χ1n) is 6.92. The molecule has 0 amide bonds. The summed E-state index contributed by atoms with van der Waals surface area (Å²) in [5, 5.41) is 31.2. The first-order valence-corrected chi connectivity index (χ1v) is 7.79. The van der Waals surface area contributed by atoms with Gasteiger partial charge in [0.1, 0.15) is 29.8 Å². The van der Waals surface area contributed by atoms with Crippen LogP contribution in [0, 0.1) is 0 Å². The number of likely N-dealkylation sites (tertiary alicyclic amines) is 1. The van der Waals surface area contributed by atoms with Gasteiger partial charge in [0, 0.05) is 13.1 Å². The van der Waals surface area contributed by atoms with Gasteiger partial charge in [-0.2, -0.15) is 0 Å². The van der Waals surface area contributed by atoms with Crippen LogP contribution in [0.1, 0.15) is 12.8 Å². The molecule has 0 unspecified atom stereocenters. The van der Waals surface area contributed by atoms with Crippen LogP contribution in [0.3, 0.4) is 0 Å². The average molecular weight is 300 g/mol. The Kier molecular flexibility index (Phi) is 4.05. The van der Waals surface area contributed by atoms with Gasteiger partial charge in [0.2, 0.25) is 0 Å². The van der Waals surface area contributed by atoms with Gasteiger partial charge in [-0.1, -0.05) is 17.8 Å². The first kappa shape index (κ1) is 14.3. The van der Waals surface area contributed by atoms with Gasteiger partial charge in [-0.15, -0.1) is 6.58 Å². The second kappa shape index (κ2) is 5.65. The zero-order valence-corrected chi connectivity index (χ0v) is 11.9. The lowest BCUT2D eigenvalue weighted by Gasteiger charge is -2.40. The maximum atomic E-state index is 10.2. The summed E-state index contributed by atoms with van der Waals surface area (Å²) in [7, 11) is 0. The molecule has 0 aromatic rings. The highest BCUT2D eigenvalue weighted by atomic mass is 32.2. The predicted octanol–water partition coefficient (Wildman–Crippen LogP) is -0.453. The van der Waals surface area contributed by atoms with Crippen LogP contribution in [0.4, 0.5) is 0 Å². The number of nitrogens with zero attached hydrogens (tertiary/aromatic N) is 2. The van der Waals surface area contributed by atoms with Gasteiger partial charge < -0.3 is 25.0 Å². The van der Waals surface area contributed by atoms with Crippen molar-refractivity contribution >= 4 is 16.9 Å². The van der Waals surface area contributed by atoms with E-state index in [1.54, 1.807) is 6.08 Å². The van der Waals surface area contributed by atoms with Crippen molar-refractivity contribution in [2.45, 2.75) is 48.7 Å². The lowest BCUT2D eigenvalue weighted by atomic mass is 9.94. The molecule has 2 fully saturated rings. The standard InChI is InChI=1S/C13H20N2O4S/c1-2-4-7(16)11-10(18)9(17)8-12(19-11)20-13(14-8)15-5-3-6-15/h2,7-12,16-18H,1,3-6H2/t7-,8+,9+,10-,11+,12+/m0/s1. The fourth-order valence-electron chi connectivity index (χ4n) is 2.66. The molecular formula is C13H20N2O4S. The van der Waals surface area contributed by atoms with Crippen LogP contribution in [0.25, 0.3) is 0 Å². The SMILES string of the molecule is C=CC[C@H](O)[C@H]1O[C@@H]2SC(N3CCC3)=N[C@@H]2[C@@H](O)[C@@H]1O. The number of hydrogen-bond acceptors (Lipinski definition) is 7. The van der Waals surface area contributed by atoms with Gasteiger partial charge in [-0.25, -0.2) is 0 Å². The van der Waals surface area contributed by atoms with E-state index in [0.29, 0.717) is 6.42 Å². The second-order valence-electron chi connectivity index (χ2n) is 5.40. The highest BCUT2D eigenvalue weighted by molar-refractivity contribution is 8.14. The van der Waals surface area contributed by atoms with Gasteiger partial charge in [0.05, 0.1) is 6.10 Å². The number of aliphatic hydroxyl groups is 3. The van der Waals surface area contributed by atoms with Crippen LogP contribution >= 0.6 is 11.8 Å². The quantitative estimate of drug-likeness (QED) is 0.612. The van der Waals surface area contributed by atoms with Crippen molar-refractivity contribution in [1.29, 1.82) is 0 Å². The van der Waals surface area contributed by atoms with Crippen LogP contribution in [-0.4, -0.2) is 74.4 Å². The third-order valence-corrected chi connectivity index (χ3v) is 5.20. The summed E-state index contributed by atoms with van der Waals surface area (Å²) in [5.74, 6) is 0. The maximum absolute atomic E-state index is 10.2. The Bertz CT molecular complexity index is 415. The minimum absolute atomic E-state index is 0.316. The number of aliphatic hydroxyl groups excluding tert-OH is 3. The average Bonchev–Trinajstić information content (AvgIpc) is 2.75. The van der Waals surface area contributed by atoms with Crippen molar-refractivity contribution in [3.8, 4) is 0 Å². The van der Waals surface area contributed by atoms with Crippen LogP contribution in [0.15, 0.2) is 17.6 Å². The minimum Gasteiger partial charge on any atom is -0.390 e. The van der Waals surface area contributed by atoms with Crippen molar-refractivity contribution < 1.29 is 20.1 Å². The topological polar surface area (TPSA) is 85.5 Å². The Morgan fingerprint density at radius 3 is 2.80 bits per heavy atom. The summed E-state index contributed by atoms with van der Waals surface area (Å²) in [6.07, 6.45) is -0.772. The molecule has 3 heterocycles. The predicted molar refractivity (Wildman–Crippen MR) is 76.5 cm³/mol. The number of thioether (sulfide) groups is 1. The Morgan fingerprint density at radius 1 is 1.45 bits per heavy atom. The zero-order valence-electron chi connectivity index (χ0n) is 11.1. The van der Waals surface area contributed by atoms with Crippen LogP contribution in [0.5, 0.6) is 0 Å². The number of ether oxygens (including phenoxy) is 1. The Labute approximate surface area is 122 Å². The van der Waals surface area contributed by atoms with Crippen molar-refractivity contribution in [3.63, 3.8) is 0 Å². The lowest BCUT2D eigenvalue weighted by Crippen LogP contribution is -2.58. The van der Waals surface area contributed by atoms with E-state index in [0.717, 1.165) is 24.7 Å². The number of hydrogen-bond donors (Lipinski definition) is 3. The van der Waals surface area contributed by atoms with Crippen LogP contribution < -0.4 is 0 Å². The van der Waals surface area contributed by atoms with E-state index in [1.807, 2.05) is 0 Å². The maximum Gasteiger partial charge on any atom is 0.162 e. The summed E-state index contributed by atoms with van der Waals surface area (Å²) in [5.41, 5.74) is -0.339. The van der Waals surface area contributed by atoms with Gasteiger partial charge in [-0.3, -0.25) is 4.99 Å². The van der Waals surface area contributed by atoms with Gasteiger partial charge in [0.25, 0.3) is 0 Å². The van der Waals surface area contributed by atoms with Crippen LogP contribution in [0.2, 0.25) is 0 Å². The molecule has 6 nitrogen and oxygen atoms in total. The van der Waals surface area contributed by atoms with E-state index in [9.17, 15) is 15.3 Å². The molecule has 0 aromatic carbocycles. The van der Waals surface area contributed by atoms with Crippen molar-refractivity contribution in [2.75, 3.05) is 13.1 Å². The van der Waals surface area contributed by atoms with Gasteiger partial charge in [-0.05, 0) is 12.8 Å². The summed E-state index contributed by atoms with van der Waals surface area (Å²) >= 11 is 1.47. The van der Waals surface area contributed by atoms with E-state index < -0.39 is 30.5 Å². The highest BCUT2D eigenvalue weighted by Gasteiger charge is 2.50. The minimum atomic E-state index is -1.13. The summed E-state index contributed by atoms with van der Waals surface area (Å²) in [6.45, 7) is 5.52. The Hall–Kier alpha value is -0.600. The molecule has 3 N–H and O–H groups in total. The summed E-state index contributed by atoms with van der Waals surface area (Å²) in [4.78, 5) is 6.61.